The van der Waals surface area contributed by atoms with Crippen molar-refractivity contribution in [3.05, 3.63) is 29.3 Å². The van der Waals surface area contributed by atoms with Crippen molar-refractivity contribution < 1.29 is 15.2 Å². The predicted molar refractivity (Wildman–Crippen MR) is 70.2 cm³/mol. The van der Waals surface area contributed by atoms with Crippen molar-refractivity contribution in [2.45, 2.75) is 33.6 Å². The number of rotatable bonds is 4. The van der Waals surface area contributed by atoms with Crippen molar-refractivity contribution in [1.29, 1.82) is 0 Å². The average molecular weight is 236 g/mol. The van der Waals surface area contributed by atoms with Gasteiger partial charge in [-0.1, -0.05) is 39.0 Å². The maximum atomic E-state index is 9.23. The lowest BCUT2D eigenvalue weighted by molar-refractivity contribution is 0.299. The number of benzene rings is 1. The highest BCUT2D eigenvalue weighted by molar-refractivity contribution is 6.58. The molecule has 0 fully saturated rings. The molecule has 0 bridgehead atoms. The van der Waals surface area contributed by atoms with E-state index in [1.807, 2.05) is 12.1 Å². The molecule has 0 unspecified atom stereocenters. The predicted octanol–water partition coefficient (Wildman–Crippen LogP) is 0.490. The summed E-state index contributed by atoms with van der Waals surface area (Å²) in [6.07, 6.45) is 1.41. The van der Waals surface area contributed by atoms with Crippen LogP contribution in [0.2, 0.25) is 0 Å². The summed E-state index contributed by atoms with van der Waals surface area (Å²) in [5.74, 6) is 0. The molecule has 3 N–H and O–H groups in total. The summed E-state index contributed by atoms with van der Waals surface area (Å²) in [6.45, 7) is 6.49. The van der Waals surface area contributed by atoms with E-state index in [4.69, 9.17) is 5.11 Å². The fourth-order valence-electron chi connectivity index (χ4n) is 1.93. The molecule has 0 radical (unpaired) electrons. The number of hydrogen-bond acceptors (Lipinski definition) is 3. The summed E-state index contributed by atoms with van der Waals surface area (Å²) in [4.78, 5) is 0. The minimum absolute atomic E-state index is 0.0694. The molecule has 0 aliphatic carbocycles. The van der Waals surface area contributed by atoms with Crippen molar-refractivity contribution in [3.8, 4) is 0 Å². The van der Waals surface area contributed by atoms with Gasteiger partial charge in [-0.3, -0.25) is 0 Å². The Labute approximate surface area is 103 Å². The van der Waals surface area contributed by atoms with Crippen molar-refractivity contribution in [3.63, 3.8) is 0 Å². The molecule has 17 heavy (non-hydrogen) atoms. The van der Waals surface area contributed by atoms with E-state index in [0.717, 1.165) is 17.5 Å². The third-order valence-electron chi connectivity index (χ3n) is 2.51. The van der Waals surface area contributed by atoms with E-state index >= 15 is 0 Å². The van der Waals surface area contributed by atoms with Crippen LogP contribution in [0.5, 0.6) is 0 Å². The molecule has 94 valence electrons. The van der Waals surface area contributed by atoms with Crippen LogP contribution in [0.1, 0.15) is 31.9 Å². The van der Waals surface area contributed by atoms with Gasteiger partial charge >= 0.3 is 7.12 Å². The minimum atomic E-state index is -1.45. The molecule has 0 amide bonds. The first-order valence-corrected chi connectivity index (χ1v) is 5.91. The third-order valence-corrected chi connectivity index (χ3v) is 2.51. The minimum Gasteiger partial charge on any atom is -0.423 e. The van der Waals surface area contributed by atoms with Gasteiger partial charge in [-0.15, -0.1) is 0 Å². The van der Waals surface area contributed by atoms with Crippen molar-refractivity contribution in [2.75, 3.05) is 6.61 Å². The second kappa shape index (κ2) is 5.67. The zero-order chi connectivity index (χ0) is 13.1. The SMILES string of the molecule is CC(C)(C)Cc1cc(CCO)cc(B(O)O)c1. The smallest absolute Gasteiger partial charge is 0.423 e. The molecule has 1 aromatic carbocycles. The molecule has 0 saturated heterocycles. The highest BCUT2D eigenvalue weighted by Gasteiger charge is 2.16. The largest absolute Gasteiger partial charge is 0.488 e. The number of aliphatic hydroxyl groups excluding tert-OH is 1. The van der Waals surface area contributed by atoms with E-state index in [9.17, 15) is 10.0 Å². The summed E-state index contributed by atoms with van der Waals surface area (Å²) in [6, 6.07) is 5.57. The second-order valence-electron chi connectivity index (χ2n) is 5.67. The molecular weight excluding hydrogens is 215 g/mol. The first-order valence-electron chi connectivity index (χ1n) is 5.91. The topological polar surface area (TPSA) is 60.7 Å². The van der Waals surface area contributed by atoms with Crippen LogP contribution in [-0.2, 0) is 12.8 Å². The van der Waals surface area contributed by atoms with Crippen molar-refractivity contribution >= 4 is 12.6 Å². The van der Waals surface area contributed by atoms with Crippen LogP contribution in [-0.4, -0.2) is 28.9 Å². The molecule has 0 aliphatic rings. The number of hydrogen-bond donors (Lipinski definition) is 3. The van der Waals surface area contributed by atoms with E-state index in [1.165, 1.54) is 0 Å². The van der Waals surface area contributed by atoms with Crippen LogP contribution in [0.25, 0.3) is 0 Å². The van der Waals surface area contributed by atoms with E-state index in [0.29, 0.717) is 11.9 Å². The molecule has 0 spiro atoms. The second-order valence-corrected chi connectivity index (χ2v) is 5.67. The highest BCUT2D eigenvalue weighted by Crippen LogP contribution is 2.20. The van der Waals surface area contributed by atoms with Crippen molar-refractivity contribution in [2.24, 2.45) is 5.41 Å². The molecule has 0 atom stereocenters. The Bertz CT molecular complexity index is 369. The van der Waals surface area contributed by atoms with Gasteiger partial charge in [0.1, 0.15) is 0 Å². The van der Waals surface area contributed by atoms with Crippen LogP contribution in [0.15, 0.2) is 18.2 Å². The maximum absolute atomic E-state index is 9.23. The highest BCUT2D eigenvalue weighted by atomic mass is 16.4. The average Bonchev–Trinajstić information content (AvgIpc) is 2.14. The van der Waals surface area contributed by atoms with Crippen LogP contribution in [0, 0.1) is 5.41 Å². The Kier molecular flexibility index (Phi) is 4.75. The molecule has 0 aromatic heterocycles. The normalized spacial score (nSPS) is 11.6. The monoisotopic (exact) mass is 236 g/mol. The van der Waals surface area contributed by atoms with Crippen LogP contribution in [0.4, 0.5) is 0 Å². The molecule has 0 saturated carbocycles. The standard InChI is InChI=1S/C13H21BO3/c1-13(2,3)9-11-6-10(4-5-15)7-12(8-11)14(16)17/h6-8,15-17H,4-5,9H2,1-3H3. The van der Waals surface area contributed by atoms with Gasteiger partial charge in [0.2, 0.25) is 0 Å². The summed E-state index contributed by atoms with van der Waals surface area (Å²) in [7, 11) is -1.45. The fraction of sp³-hybridized carbons (Fsp3) is 0.538. The van der Waals surface area contributed by atoms with Gasteiger partial charge in [0.05, 0.1) is 0 Å². The summed E-state index contributed by atoms with van der Waals surface area (Å²) >= 11 is 0. The third kappa shape index (κ3) is 4.90. The van der Waals surface area contributed by atoms with E-state index < -0.39 is 7.12 Å². The van der Waals surface area contributed by atoms with Gasteiger partial charge in [-0.2, -0.15) is 0 Å². The Morgan fingerprint density at radius 2 is 1.65 bits per heavy atom. The lowest BCUT2D eigenvalue weighted by Crippen LogP contribution is -2.31. The summed E-state index contributed by atoms with van der Waals surface area (Å²) in [5, 5.41) is 27.4. The quantitative estimate of drug-likeness (QED) is 0.667. The Balaban J connectivity index is 3.03. The lowest BCUT2D eigenvalue weighted by Gasteiger charge is -2.19. The molecule has 1 aromatic rings. The van der Waals surface area contributed by atoms with Gasteiger partial charge in [0.15, 0.2) is 0 Å². The van der Waals surface area contributed by atoms with E-state index in [1.54, 1.807) is 6.07 Å². The lowest BCUT2D eigenvalue weighted by atomic mass is 9.76. The first kappa shape index (κ1) is 14.2. The molecule has 0 aliphatic heterocycles. The maximum Gasteiger partial charge on any atom is 0.488 e. The first-order chi connectivity index (χ1) is 7.81. The zero-order valence-electron chi connectivity index (χ0n) is 10.8. The fourth-order valence-corrected chi connectivity index (χ4v) is 1.93. The van der Waals surface area contributed by atoms with Gasteiger partial charge in [0.25, 0.3) is 0 Å². The Morgan fingerprint density at radius 3 is 2.12 bits per heavy atom. The molecular formula is C13H21BO3. The van der Waals surface area contributed by atoms with Crippen molar-refractivity contribution in [1.82, 2.24) is 0 Å². The Morgan fingerprint density at radius 1 is 1.06 bits per heavy atom. The summed E-state index contributed by atoms with van der Waals surface area (Å²) in [5.41, 5.74) is 2.66. The molecule has 4 heteroatoms. The molecule has 0 heterocycles. The van der Waals surface area contributed by atoms with Gasteiger partial charge in [-0.25, -0.2) is 0 Å². The van der Waals surface area contributed by atoms with Gasteiger partial charge < -0.3 is 15.2 Å². The van der Waals surface area contributed by atoms with Gasteiger partial charge in [-0.05, 0) is 34.8 Å². The van der Waals surface area contributed by atoms with Crippen LogP contribution in [0.3, 0.4) is 0 Å². The molecule has 1 rings (SSSR count). The van der Waals surface area contributed by atoms with E-state index in [-0.39, 0.29) is 12.0 Å². The van der Waals surface area contributed by atoms with E-state index in [2.05, 4.69) is 20.8 Å². The van der Waals surface area contributed by atoms with Gasteiger partial charge in [0, 0.05) is 6.61 Å². The van der Waals surface area contributed by atoms with Crippen LogP contribution < -0.4 is 5.46 Å². The zero-order valence-corrected chi connectivity index (χ0v) is 10.8. The van der Waals surface area contributed by atoms with Crippen LogP contribution >= 0.6 is 0 Å². The molecule has 3 nitrogen and oxygen atoms in total. The number of aliphatic hydroxyl groups is 1. The summed E-state index contributed by atoms with van der Waals surface area (Å²) < 4.78 is 0. The Hall–Kier alpha value is -0.835.